The fourth-order valence-electron chi connectivity index (χ4n) is 2.45. The first-order valence-corrected chi connectivity index (χ1v) is 7.64. The molecule has 0 aromatic carbocycles. The molecule has 1 fully saturated rings. The second-order valence-corrected chi connectivity index (χ2v) is 6.27. The highest BCUT2D eigenvalue weighted by Gasteiger charge is 2.54. The average molecular weight is 360 g/mol. The predicted octanol–water partition coefficient (Wildman–Crippen LogP) is -2.18. The Morgan fingerprint density at radius 3 is 2.36 bits per heavy atom. The van der Waals surface area contributed by atoms with E-state index in [1.165, 1.54) is 20.8 Å². The summed E-state index contributed by atoms with van der Waals surface area (Å²) in [5, 5.41) is 45.8. The molecule has 7 N–H and O–H groups in total. The Balaban J connectivity index is 2.72. The molecule has 1 aliphatic rings. The van der Waals surface area contributed by atoms with Gasteiger partial charge in [0.25, 0.3) is 0 Å². The number of aliphatic hydroxyl groups is 2. The minimum absolute atomic E-state index is 0.0356. The Kier molecular flexibility index (Phi) is 6.32. The molecule has 4 atom stereocenters. The molecule has 0 aromatic rings. The monoisotopic (exact) mass is 360 g/mol. The maximum Gasteiger partial charge on any atom is 0.332 e. The van der Waals surface area contributed by atoms with Crippen LogP contribution in [0.25, 0.3) is 0 Å². The van der Waals surface area contributed by atoms with Gasteiger partial charge in [-0.1, -0.05) is 0 Å². The van der Waals surface area contributed by atoms with Crippen LogP contribution >= 0.6 is 0 Å². The van der Waals surface area contributed by atoms with Gasteiger partial charge in [0.2, 0.25) is 5.91 Å². The molecule has 11 nitrogen and oxygen atoms in total. The third-order valence-electron chi connectivity index (χ3n) is 3.87. The number of amides is 1. The number of nitrogens with one attached hydrogen (secondary N) is 3. The van der Waals surface area contributed by atoms with E-state index in [-0.39, 0.29) is 18.9 Å². The van der Waals surface area contributed by atoms with Gasteiger partial charge in [0.1, 0.15) is 12.1 Å². The summed E-state index contributed by atoms with van der Waals surface area (Å²) in [5.74, 6) is -3.03. The van der Waals surface area contributed by atoms with Gasteiger partial charge in [0, 0.05) is 13.5 Å². The van der Waals surface area contributed by atoms with E-state index in [0.717, 1.165) is 0 Å². The van der Waals surface area contributed by atoms with Crippen molar-refractivity contribution in [1.82, 2.24) is 16.0 Å². The van der Waals surface area contributed by atoms with Gasteiger partial charge in [-0.15, -0.1) is 0 Å². The van der Waals surface area contributed by atoms with Crippen molar-refractivity contribution in [2.24, 2.45) is 4.99 Å². The van der Waals surface area contributed by atoms with Gasteiger partial charge in [0.05, 0.1) is 0 Å². The Bertz CT molecular complexity index is 578. The van der Waals surface area contributed by atoms with Gasteiger partial charge in [-0.25, -0.2) is 9.59 Å². The molecule has 25 heavy (non-hydrogen) atoms. The zero-order chi connectivity index (χ0) is 19.4. The van der Waals surface area contributed by atoms with Crippen molar-refractivity contribution < 1.29 is 34.8 Å². The number of carboxylic acids is 2. The number of aliphatic hydroxyl groups excluding tert-OH is 1. The number of hydrogen-bond donors (Lipinski definition) is 7. The van der Waals surface area contributed by atoms with Crippen LogP contribution in [0.1, 0.15) is 33.6 Å². The van der Waals surface area contributed by atoms with E-state index in [9.17, 15) is 29.7 Å². The number of nitrogens with zero attached hydrogens (tertiary/aromatic N) is 1. The fraction of sp³-hybridized carbons (Fsp3) is 0.714. The van der Waals surface area contributed by atoms with Crippen molar-refractivity contribution in [3.05, 3.63) is 0 Å². The second kappa shape index (κ2) is 7.66. The van der Waals surface area contributed by atoms with Crippen LogP contribution in [0.5, 0.6) is 0 Å². The molecule has 1 rings (SSSR count). The summed E-state index contributed by atoms with van der Waals surface area (Å²) in [4.78, 5) is 37.4. The maximum atomic E-state index is 11.4. The molecule has 4 unspecified atom stereocenters. The lowest BCUT2D eigenvalue weighted by atomic mass is 9.86. The summed E-state index contributed by atoms with van der Waals surface area (Å²) in [7, 11) is 0. The number of carbonyl (C=O) groups excluding carboxylic acids is 1. The van der Waals surface area contributed by atoms with Gasteiger partial charge in [-0.05, 0) is 26.7 Å². The number of aliphatic imine (C=N–C) groups is 1. The topological polar surface area (TPSA) is 181 Å². The molecule has 1 saturated heterocycles. The highest BCUT2D eigenvalue weighted by atomic mass is 16.4. The van der Waals surface area contributed by atoms with Crippen molar-refractivity contribution >= 4 is 23.8 Å². The van der Waals surface area contributed by atoms with E-state index in [4.69, 9.17) is 5.11 Å². The van der Waals surface area contributed by atoms with E-state index >= 15 is 0 Å². The van der Waals surface area contributed by atoms with E-state index in [1.54, 1.807) is 0 Å². The molecule has 1 amide bonds. The minimum atomic E-state index is -1.92. The molecular weight excluding hydrogens is 336 g/mol. The van der Waals surface area contributed by atoms with Crippen molar-refractivity contribution in [3.63, 3.8) is 0 Å². The van der Waals surface area contributed by atoms with Gasteiger partial charge < -0.3 is 36.4 Å². The fourth-order valence-corrected chi connectivity index (χ4v) is 2.45. The van der Waals surface area contributed by atoms with Crippen LogP contribution in [-0.4, -0.2) is 74.2 Å². The standard InChI is InChI=1S/C14H24N4O7/c1-7(19)16-8(9(20)21)5-4-6-15-12-17-13(2,11(23)24)10(22)14(3,25)18-12/h8,10,22,25H,4-6H2,1-3H3,(H,16,19)(H,20,21)(H,23,24)(H2,15,17,18). The van der Waals surface area contributed by atoms with Crippen LogP contribution in [0.4, 0.5) is 0 Å². The number of rotatable bonds is 7. The van der Waals surface area contributed by atoms with Crippen LogP contribution in [0, 0.1) is 0 Å². The number of hydrogen-bond acceptors (Lipinski definition) is 6. The van der Waals surface area contributed by atoms with Crippen molar-refractivity contribution in [3.8, 4) is 0 Å². The Labute approximate surface area is 144 Å². The second-order valence-electron chi connectivity index (χ2n) is 6.27. The summed E-state index contributed by atoms with van der Waals surface area (Å²) in [5.41, 5.74) is -3.77. The number of aliphatic carboxylic acids is 2. The Hall–Kier alpha value is -2.40. The number of carbonyl (C=O) groups is 3. The maximum absolute atomic E-state index is 11.4. The smallest absolute Gasteiger partial charge is 0.332 e. The Morgan fingerprint density at radius 1 is 1.28 bits per heavy atom. The van der Waals surface area contributed by atoms with Gasteiger partial charge in [-0.2, -0.15) is 0 Å². The molecule has 1 heterocycles. The van der Waals surface area contributed by atoms with E-state index < -0.39 is 41.3 Å². The predicted molar refractivity (Wildman–Crippen MR) is 85.7 cm³/mol. The zero-order valence-corrected chi connectivity index (χ0v) is 14.2. The first-order chi connectivity index (χ1) is 11.4. The van der Waals surface area contributed by atoms with Crippen molar-refractivity contribution in [1.29, 1.82) is 0 Å². The number of guanidine groups is 1. The minimum Gasteiger partial charge on any atom is -0.480 e. The molecule has 0 aliphatic carbocycles. The molecule has 11 heteroatoms. The summed E-state index contributed by atoms with van der Waals surface area (Å²) >= 11 is 0. The van der Waals surface area contributed by atoms with Crippen LogP contribution in [-0.2, 0) is 14.4 Å². The lowest BCUT2D eigenvalue weighted by Gasteiger charge is -2.46. The highest BCUT2D eigenvalue weighted by Crippen LogP contribution is 2.23. The van der Waals surface area contributed by atoms with E-state index in [1.807, 2.05) is 0 Å². The molecule has 0 spiro atoms. The summed E-state index contributed by atoms with van der Waals surface area (Å²) in [6, 6.07) is -1.04. The molecule has 0 bridgehead atoms. The van der Waals surface area contributed by atoms with Crippen LogP contribution in [0.2, 0.25) is 0 Å². The van der Waals surface area contributed by atoms with Gasteiger partial charge >= 0.3 is 11.9 Å². The highest BCUT2D eigenvalue weighted by molar-refractivity contribution is 5.91. The molecule has 0 radical (unpaired) electrons. The SMILES string of the molecule is CC(=O)NC(CCCN=C1NC(C)(O)C(O)C(C)(C(=O)O)N1)C(=O)O. The average Bonchev–Trinajstić information content (AvgIpc) is 2.46. The molecular formula is C14H24N4O7. The van der Waals surface area contributed by atoms with E-state index in [2.05, 4.69) is 20.9 Å². The van der Waals surface area contributed by atoms with E-state index in [0.29, 0.717) is 6.42 Å². The van der Waals surface area contributed by atoms with Crippen LogP contribution in [0.3, 0.4) is 0 Å². The molecule has 0 aromatic heterocycles. The molecule has 142 valence electrons. The summed E-state index contributed by atoms with van der Waals surface area (Å²) in [6.45, 7) is 3.75. The third-order valence-corrected chi connectivity index (χ3v) is 3.87. The normalized spacial score (nSPS) is 31.6. The van der Waals surface area contributed by atoms with Crippen molar-refractivity contribution in [2.45, 2.75) is 57.0 Å². The van der Waals surface area contributed by atoms with Crippen LogP contribution in [0.15, 0.2) is 4.99 Å². The zero-order valence-electron chi connectivity index (χ0n) is 14.2. The quantitative estimate of drug-likeness (QED) is 0.248. The van der Waals surface area contributed by atoms with Crippen molar-refractivity contribution in [2.75, 3.05) is 6.54 Å². The van der Waals surface area contributed by atoms with Gasteiger partial charge in [-0.3, -0.25) is 9.79 Å². The Morgan fingerprint density at radius 2 is 1.88 bits per heavy atom. The molecule has 0 saturated carbocycles. The lowest BCUT2D eigenvalue weighted by Crippen LogP contribution is -2.77. The summed E-state index contributed by atoms with van der Waals surface area (Å²) < 4.78 is 0. The van der Waals surface area contributed by atoms with Crippen LogP contribution < -0.4 is 16.0 Å². The lowest BCUT2D eigenvalue weighted by molar-refractivity contribution is -0.165. The first kappa shape index (κ1) is 20.6. The van der Waals surface area contributed by atoms with Gasteiger partial charge in [0.15, 0.2) is 17.2 Å². The number of carboxylic acid groups (broad SMARTS) is 2. The first-order valence-electron chi connectivity index (χ1n) is 7.64. The largest absolute Gasteiger partial charge is 0.480 e. The third kappa shape index (κ3) is 5.03. The summed E-state index contributed by atoms with van der Waals surface area (Å²) in [6.07, 6.45) is -1.23. The molecule has 1 aliphatic heterocycles.